The van der Waals surface area contributed by atoms with Gasteiger partial charge in [0.05, 0.1) is 13.7 Å². The number of nitrogens with one attached hydrogen (secondary N) is 1. The smallest absolute Gasteiger partial charge is 0.266 e. The molecule has 0 saturated heterocycles. The average molecular weight is 443 g/mol. The first-order valence-corrected chi connectivity index (χ1v) is 10.5. The fourth-order valence-electron chi connectivity index (χ4n) is 3.17. The number of rotatable bonds is 9. The van der Waals surface area contributed by atoms with Crippen LogP contribution in [0.1, 0.15) is 23.6 Å². The minimum atomic E-state index is -0.500. The summed E-state index contributed by atoms with van der Waals surface area (Å²) in [6.45, 7) is 4.90. The normalized spacial score (nSPS) is 10.8. The van der Waals surface area contributed by atoms with Crippen LogP contribution in [0.4, 0.5) is 5.69 Å². The molecule has 0 atom stereocenters. The van der Waals surface area contributed by atoms with Crippen molar-refractivity contribution >= 4 is 17.7 Å². The molecule has 3 aromatic rings. The van der Waals surface area contributed by atoms with Gasteiger partial charge in [0.2, 0.25) is 0 Å². The van der Waals surface area contributed by atoms with Crippen LogP contribution in [0.3, 0.4) is 0 Å². The Labute approximate surface area is 194 Å². The highest BCUT2D eigenvalue weighted by Gasteiger charge is 2.12. The number of hydrogen-bond acceptors (Lipinski definition) is 5. The minimum Gasteiger partial charge on any atom is -0.494 e. The van der Waals surface area contributed by atoms with E-state index in [-0.39, 0.29) is 5.57 Å². The maximum absolute atomic E-state index is 12.6. The van der Waals surface area contributed by atoms with Gasteiger partial charge in [-0.1, -0.05) is 35.9 Å². The van der Waals surface area contributed by atoms with Crippen molar-refractivity contribution in [3.05, 3.63) is 89.0 Å². The van der Waals surface area contributed by atoms with Crippen LogP contribution < -0.4 is 19.5 Å². The molecule has 3 aromatic carbocycles. The number of benzene rings is 3. The number of carbonyl (C=O) groups excluding carboxylic acids is 1. The van der Waals surface area contributed by atoms with Gasteiger partial charge in [0.25, 0.3) is 5.91 Å². The molecule has 0 aliphatic carbocycles. The first kappa shape index (κ1) is 23.4. The standard InChI is InChI=1S/C27H26N2O4/c1-4-32-24-11-9-23(10-12-24)29-27(30)22(17-28)15-20-8-13-25(26(16-20)31-3)33-18-21-7-5-6-19(2)14-21/h5-16H,4,18H2,1-3H3,(H,29,30)/b22-15-. The second-order valence-electron chi connectivity index (χ2n) is 7.27. The molecule has 1 N–H and O–H groups in total. The van der Waals surface area contributed by atoms with Crippen LogP contribution in [0.2, 0.25) is 0 Å². The van der Waals surface area contributed by atoms with E-state index in [0.29, 0.717) is 41.7 Å². The molecule has 1 amide bonds. The fourth-order valence-corrected chi connectivity index (χ4v) is 3.17. The number of amides is 1. The molecule has 0 saturated carbocycles. The van der Waals surface area contributed by atoms with E-state index in [1.165, 1.54) is 6.08 Å². The molecule has 3 rings (SSSR count). The van der Waals surface area contributed by atoms with Crippen molar-refractivity contribution < 1.29 is 19.0 Å². The van der Waals surface area contributed by atoms with Gasteiger partial charge < -0.3 is 19.5 Å². The van der Waals surface area contributed by atoms with E-state index in [1.54, 1.807) is 49.6 Å². The van der Waals surface area contributed by atoms with E-state index in [2.05, 4.69) is 11.4 Å². The maximum Gasteiger partial charge on any atom is 0.266 e. The summed E-state index contributed by atoms with van der Waals surface area (Å²) in [6.07, 6.45) is 1.51. The molecule has 0 radical (unpaired) electrons. The van der Waals surface area contributed by atoms with Crippen LogP contribution in [0.15, 0.2) is 72.3 Å². The predicted octanol–water partition coefficient (Wildman–Crippen LogP) is 5.53. The number of ether oxygens (including phenoxy) is 3. The molecule has 0 heterocycles. The van der Waals surface area contributed by atoms with Gasteiger partial charge in [0.1, 0.15) is 24.0 Å². The second kappa shape index (κ2) is 11.4. The molecule has 6 heteroatoms. The topological polar surface area (TPSA) is 80.6 Å². The zero-order valence-corrected chi connectivity index (χ0v) is 18.9. The Morgan fingerprint density at radius 1 is 1.03 bits per heavy atom. The zero-order chi connectivity index (χ0) is 23.6. The van der Waals surface area contributed by atoms with Crippen LogP contribution in [0.5, 0.6) is 17.2 Å². The molecule has 0 spiro atoms. The fraction of sp³-hybridized carbons (Fsp3) is 0.185. The number of methoxy groups -OCH3 is 1. The number of nitriles is 1. The number of aryl methyl sites for hydroxylation is 1. The van der Waals surface area contributed by atoms with Crippen LogP contribution in [0.25, 0.3) is 6.08 Å². The predicted molar refractivity (Wildman–Crippen MR) is 128 cm³/mol. The summed E-state index contributed by atoms with van der Waals surface area (Å²) >= 11 is 0. The Kier molecular flexibility index (Phi) is 8.09. The van der Waals surface area contributed by atoms with Gasteiger partial charge in [-0.25, -0.2) is 0 Å². The monoisotopic (exact) mass is 442 g/mol. The van der Waals surface area contributed by atoms with Crippen molar-refractivity contribution in [1.29, 1.82) is 5.26 Å². The number of nitrogens with zero attached hydrogens (tertiary/aromatic N) is 1. The van der Waals surface area contributed by atoms with Gasteiger partial charge in [0.15, 0.2) is 11.5 Å². The van der Waals surface area contributed by atoms with Crippen LogP contribution in [-0.4, -0.2) is 19.6 Å². The third kappa shape index (κ3) is 6.62. The van der Waals surface area contributed by atoms with Crippen LogP contribution in [-0.2, 0) is 11.4 Å². The first-order valence-electron chi connectivity index (χ1n) is 10.5. The Hall–Kier alpha value is -4.24. The number of hydrogen-bond donors (Lipinski definition) is 1. The van der Waals surface area contributed by atoms with Crippen molar-refractivity contribution in [2.75, 3.05) is 19.0 Å². The highest BCUT2D eigenvalue weighted by Crippen LogP contribution is 2.30. The van der Waals surface area contributed by atoms with E-state index in [1.807, 2.05) is 38.1 Å². The number of anilines is 1. The lowest BCUT2D eigenvalue weighted by atomic mass is 10.1. The molecule has 6 nitrogen and oxygen atoms in total. The zero-order valence-electron chi connectivity index (χ0n) is 18.9. The summed E-state index contributed by atoms with van der Waals surface area (Å²) in [5.74, 6) is 1.30. The molecule has 0 bridgehead atoms. The van der Waals surface area contributed by atoms with Crippen molar-refractivity contribution in [3.8, 4) is 23.3 Å². The van der Waals surface area contributed by atoms with Gasteiger partial charge in [-0.15, -0.1) is 0 Å². The molecule has 0 aliphatic rings. The van der Waals surface area contributed by atoms with Gasteiger partial charge in [-0.2, -0.15) is 5.26 Å². The highest BCUT2D eigenvalue weighted by atomic mass is 16.5. The van der Waals surface area contributed by atoms with Crippen molar-refractivity contribution in [2.45, 2.75) is 20.5 Å². The summed E-state index contributed by atoms with van der Waals surface area (Å²) in [4.78, 5) is 12.6. The summed E-state index contributed by atoms with van der Waals surface area (Å²) in [7, 11) is 1.55. The highest BCUT2D eigenvalue weighted by molar-refractivity contribution is 6.09. The maximum atomic E-state index is 12.6. The van der Waals surface area contributed by atoms with Gasteiger partial charge in [0, 0.05) is 5.69 Å². The van der Waals surface area contributed by atoms with E-state index < -0.39 is 5.91 Å². The minimum absolute atomic E-state index is 0.0284. The second-order valence-corrected chi connectivity index (χ2v) is 7.27. The first-order chi connectivity index (χ1) is 16.0. The third-order valence-electron chi connectivity index (χ3n) is 4.76. The largest absolute Gasteiger partial charge is 0.494 e. The molecule has 168 valence electrons. The summed E-state index contributed by atoms with van der Waals surface area (Å²) in [6, 6.07) is 22.3. The van der Waals surface area contributed by atoms with E-state index in [0.717, 1.165) is 11.1 Å². The average Bonchev–Trinajstić information content (AvgIpc) is 2.83. The number of carbonyl (C=O) groups is 1. The molecule has 0 unspecified atom stereocenters. The van der Waals surface area contributed by atoms with Gasteiger partial charge >= 0.3 is 0 Å². The van der Waals surface area contributed by atoms with E-state index >= 15 is 0 Å². The molecule has 0 aromatic heterocycles. The van der Waals surface area contributed by atoms with Crippen LogP contribution >= 0.6 is 0 Å². The van der Waals surface area contributed by atoms with Gasteiger partial charge in [-0.05, 0) is 67.4 Å². The SMILES string of the molecule is CCOc1ccc(NC(=O)/C(C#N)=C\c2ccc(OCc3cccc(C)c3)c(OC)c2)cc1. The van der Waals surface area contributed by atoms with Crippen molar-refractivity contribution in [1.82, 2.24) is 0 Å². The summed E-state index contributed by atoms with van der Waals surface area (Å²) < 4.78 is 16.8. The van der Waals surface area contributed by atoms with Crippen molar-refractivity contribution in [3.63, 3.8) is 0 Å². The lowest BCUT2D eigenvalue weighted by molar-refractivity contribution is -0.112. The van der Waals surface area contributed by atoms with E-state index in [4.69, 9.17) is 14.2 Å². The summed E-state index contributed by atoms with van der Waals surface area (Å²) in [5.41, 5.74) is 3.41. The van der Waals surface area contributed by atoms with Crippen LogP contribution in [0, 0.1) is 18.3 Å². The lowest BCUT2D eigenvalue weighted by Crippen LogP contribution is -2.13. The quantitative estimate of drug-likeness (QED) is 0.348. The summed E-state index contributed by atoms with van der Waals surface area (Å²) in [5, 5.41) is 12.2. The van der Waals surface area contributed by atoms with Gasteiger partial charge in [-0.3, -0.25) is 4.79 Å². The lowest BCUT2D eigenvalue weighted by Gasteiger charge is -2.12. The van der Waals surface area contributed by atoms with Crippen molar-refractivity contribution in [2.24, 2.45) is 0 Å². The van der Waals surface area contributed by atoms with E-state index in [9.17, 15) is 10.1 Å². The molecular weight excluding hydrogens is 416 g/mol. The Morgan fingerprint density at radius 2 is 1.82 bits per heavy atom. The molecule has 0 fully saturated rings. The molecule has 0 aliphatic heterocycles. The Balaban J connectivity index is 1.71. The third-order valence-corrected chi connectivity index (χ3v) is 4.76. The molecular formula is C27H26N2O4. The Bertz CT molecular complexity index is 1180. The Morgan fingerprint density at radius 3 is 2.48 bits per heavy atom. The molecule has 33 heavy (non-hydrogen) atoms.